The van der Waals surface area contributed by atoms with Crippen LogP contribution in [-0.4, -0.2) is 0 Å². The Hall–Kier alpha value is -1.26. The lowest BCUT2D eigenvalue weighted by molar-refractivity contribution is 0.538. The standard InChI is InChI=1S/C12H11F2NS/c1-7-2-3-9(13)10(11(7)14)12(15)8-4-5-16-6-8/h2-6,12H,15H2,1H3. The Bertz CT molecular complexity index is 494. The van der Waals surface area contributed by atoms with Crippen molar-refractivity contribution in [2.75, 3.05) is 0 Å². The molecular formula is C12H11F2NS. The number of aryl methyl sites for hydroxylation is 1. The fourth-order valence-electron chi connectivity index (χ4n) is 1.58. The minimum Gasteiger partial charge on any atom is -0.320 e. The highest BCUT2D eigenvalue weighted by Gasteiger charge is 2.19. The molecule has 1 aromatic heterocycles. The molecule has 0 aliphatic carbocycles. The first-order chi connectivity index (χ1) is 7.61. The van der Waals surface area contributed by atoms with Crippen molar-refractivity contribution < 1.29 is 8.78 Å². The van der Waals surface area contributed by atoms with E-state index in [0.717, 1.165) is 5.56 Å². The molecule has 1 unspecified atom stereocenters. The van der Waals surface area contributed by atoms with E-state index in [4.69, 9.17) is 5.73 Å². The third kappa shape index (κ3) is 1.86. The van der Waals surface area contributed by atoms with Gasteiger partial charge in [-0.25, -0.2) is 8.78 Å². The van der Waals surface area contributed by atoms with Crippen LogP contribution >= 0.6 is 11.3 Å². The van der Waals surface area contributed by atoms with E-state index < -0.39 is 17.7 Å². The van der Waals surface area contributed by atoms with Gasteiger partial charge < -0.3 is 5.73 Å². The molecule has 0 saturated heterocycles. The number of hydrogen-bond donors (Lipinski definition) is 1. The summed E-state index contributed by atoms with van der Waals surface area (Å²) in [6.07, 6.45) is 0. The lowest BCUT2D eigenvalue weighted by Crippen LogP contribution is -2.15. The van der Waals surface area contributed by atoms with E-state index in [1.54, 1.807) is 18.4 Å². The van der Waals surface area contributed by atoms with Gasteiger partial charge in [0.1, 0.15) is 11.6 Å². The number of thiophene rings is 1. The predicted octanol–water partition coefficient (Wildman–Crippen LogP) is 3.38. The number of rotatable bonds is 2. The van der Waals surface area contributed by atoms with Crippen molar-refractivity contribution in [3.05, 3.63) is 57.3 Å². The van der Waals surface area contributed by atoms with Crippen molar-refractivity contribution in [2.24, 2.45) is 5.73 Å². The summed E-state index contributed by atoms with van der Waals surface area (Å²) in [5.41, 5.74) is 6.94. The van der Waals surface area contributed by atoms with Crippen molar-refractivity contribution in [2.45, 2.75) is 13.0 Å². The van der Waals surface area contributed by atoms with Crippen molar-refractivity contribution in [3.63, 3.8) is 0 Å². The lowest BCUT2D eigenvalue weighted by atomic mass is 9.99. The molecule has 0 aliphatic heterocycles. The minimum absolute atomic E-state index is 0.0570. The normalized spacial score (nSPS) is 12.8. The summed E-state index contributed by atoms with van der Waals surface area (Å²) in [7, 11) is 0. The van der Waals surface area contributed by atoms with Crippen molar-refractivity contribution in [1.29, 1.82) is 0 Å². The van der Waals surface area contributed by atoms with Gasteiger partial charge in [0, 0.05) is 5.56 Å². The van der Waals surface area contributed by atoms with E-state index in [9.17, 15) is 8.78 Å². The molecule has 0 fully saturated rings. The summed E-state index contributed by atoms with van der Waals surface area (Å²) in [5.74, 6) is -1.15. The average molecular weight is 239 g/mol. The lowest BCUT2D eigenvalue weighted by Gasteiger charge is -2.13. The van der Waals surface area contributed by atoms with Crippen molar-refractivity contribution in [3.8, 4) is 0 Å². The first-order valence-electron chi connectivity index (χ1n) is 4.83. The van der Waals surface area contributed by atoms with Crippen LogP contribution in [0.15, 0.2) is 29.0 Å². The number of hydrogen-bond acceptors (Lipinski definition) is 2. The summed E-state index contributed by atoms with van der Waals surface area (Å²) in [6, 6.07) is 3.69. The van der Waals surface area contributed by atoms with Gasteiger partial charge in [-0.1, -0.05) is 6.07 Å². The second-order valence-corrected chi connectivity index (χ2v) is 4.41. The summed E-state index contributed by atoms with van der Waals surface area (Å²) in [5, 5.41) is 3.63. The summed E-state index contributed by atoms with van der Waals surface area (Å²) >= 11 is 1.45. The predicted molar refractivity (Wildman–Crippen MR) is 61.4 cm³/mol. The van der Waals surface area contributed by atoms with Gasteiger partial charge in [0.25, 0.3) is 0 Å². The number of halogens is 2. The molecule has 16 heavy (non-hydrogen) atoms. The van der Waals surface area contributed by atoms with E-state index in [1.807, 2.05) is 5.38 Å². The fourth-order valence-corrected chi connectivity index (χ4v) is 2.28. The quantitative estimate of drug-likeness (QED) is 0.854. The van der Waals surface area contributed by atoms with Gasteiger partial charge in [0.2, 0.25) is 0 Å². The largest absolute Gasteiger partial charge is 0.320 e. The van der Waals surface area contributed by atoms with Crippen molar-refractivity contribution >= 4 is 11.3 Å². The molecule has 84 valence electrons. The van der Waals surface area contributed by atoms with Crippen LogP contribution in [0.4, 0.5) is 8.78 Å². The zero-order valence-corrected chi connectivity index (χ0v) is 9.52. The molecule has 0 bridgehead atoms. The molecule has 0 amide bonds. The molecule has 4 heteroatoms. The van der Waals surface area contributed by atoms with Crippen LogP contribution < -0.4 is 5.73 Å². The van der Waals surface area contributed by atoms with E-state index >= 15 is 0 Å². The summed E-state index contributed by atoms with van der Waals surface area (Å²) in [6.45, 7) is 1.60. The maximum atomic E-state index is 13.8. The Labute approximate surface area is 96.5 Å². The smallest absolute Gasteiger partial charge is 0.134 e. The van der Waals surface area contributed by atoms with Gasteiger partial charge >= 0.3 is 0 Å². The third-order valence-electron chi connectivity index (χ3n) is 2.53. The first kappa shape index (κ1) is 11.2. The first-order valence-corrected chi connectivity index (χ1v) is 5.77. The summed E-state index contributed by atoms with van der Waals surface area (Å²) in [4.78, 5) is 0. The molecule has 2 rings (SSSR count). The second-order valence-electron chi connectivity index (χ2n) is 3.63. The third-order valence-corrected chi connectivity index (χ3v) is 3.23. The Morgan fingerprint density at radius 2 is 2.00 bits per heavy atom. The van der Waals surface area contributed by atoms with Crippen LogP contribution in [0.25, 0.3) is 0 Å². The van der Waals surface area contributed by atoms with Crippen LogP contribution in [0, 0.1) is 18.6 Å². The molecule has 0 spiro atoms. The topological polar surface area (TPSA) is 26.0 Å². The molecule has 0 saturated carbocycles. The van der Waals surface area contributed by atoms with E-state index in [2.05, 4.69) is 0 Å². The van der Waals surface area contributed by atoms with Gasteiger partial charge in [0.05, 0.1) is 6.04 Å². The average Bonchev–Trinajstić information content (AvgIpc) is 2.77. The van der Waals surface area contributed by atoms with Crippen LogP contribution in [0.2, 0.25) is 0 Å². The Kier molecular flexibility index (Phi) is 3.03. The molecule has 1 atom stereocenters. The van der Waals surface area contributed by atoms with E-state index in [-0.39, 0.29) is 5.56 Å². The van der Waals surface area contributed by atoms with Gasteiger partial charge in [0.15, 0.2) is 0 Å². The number of benzene rings is 1. The highest BCUT2D eigenvalue weighted by atomic mass is 32.1. The van der Waals surface area contributed by atoms with Crippen LogP contribution in [0.5, 0.6) is 0 Å². The zero-order chi connectivity index (χ0) is 11.7. The van der Waals surface area contributed by atoms with Gasteiger partial charge in [-0.15, -0.1) is 0 Å². The highest BCUT2D eigenvalue weighted by molar-refractivity contribution is 7.08. The second kappa shape index (κ2) is 4.31. The SMILES string of the molecule is Cc1ccc(F)c(C(N)c2ccsc2)c1F. The molecule has 2 aromatic rings. The van der Waals surface area contributed by atoms with Crippen molar-refractivity contribution in [1.82, 2.24) is 0 Å². The van der Waals surface area contributed by atoms with E-state index in [1.165, 1.54) is 23.5 Å². The summed E-state index contributed by atoms with van der Waals surface area (Å²) < 4.78 is 27.3. The minimum atomic E-state index is -0.744. The maximum absolute atomic E-state index is 13.8. The van der Waals surface area contributed by atoms with E-state index in [0.29, 0.717) is 5.56 Å². The van der Waals surface area contributed by atoms with Crippen LogP contribution in [0.3, 0.4) is 0 Å². The zero-order valence-electron chi connectivity index (χ0n) is 8.71. The molecule has 0 aliphatic rings. The Morgan fingerprint density at radius 1 is 1.25 bits per heavy atom. The Morgan fingerprint density at radius 3 is 2.62 bits per heavy atom. The Balaban J connectivity index is 2.52. The monoisotopic (exact) mass is 239 g/mol. The fraction of sp³-hybridized carbons (Fsp3) is 0.167. The van der Waals surface area contributed by atoms with Crippen LogP contribution in [-0.2, 0) is 0 Å². The maximum Gasteiger partial charge on any atom is 0.134 e. The molecule has 1 heterocycles. The van der Waals surface area contributed by atoms with Gasteiger partial charge in [-0.2, -0.15) is 11.3 Å². The van der Waals surface area contributed by atoms with Gasteiger partial charge in [-0.3, -0.25) is 0 Å². The highest BCUT2D eigenvalue weighted by Crippen LogP contribution is 2.27. The number of nitrogens with two attached hydrogens (primary N) is 1. The molecule has 0 radical (unpaired) electrons. The molecule has 1 nitrogen and oxygen atoms in total. The molecule has 2 N–H and O–H groups in total. The molecule has 1 aromatic carbocycles. The molecular weight excluding hydrogens is 228 g/mol. The van der Waals surface area contributed by atoms with Crippen LogP contribution in [0.1, 0.15) is 22.7 Å². The van der Waals surface area contributed by atoms with Gasteiger partial charge in [-0.05, 0) is 40.9 Å².